The second kappa shape index (κ2) is 8.43. The normalized spacial score (nSPS) is 16.3. The Labute approximate surface area is 144 Å². The number of likely N-dealkylation sites (N-methyl/N-ethyl adjacent to an activating group) is 1. The van der Waals surface area contributed by atoms with E-state index in [0.717, 1.165) is 23.9 Å². The maximum absolute atomic E-state index is 5.93. The fourth-order valence-electron chi connectivity index (χ4n) is 2.27. The van der Waals surface area contributed by atoms with Gasteiger partial charge in [0.2, 0.25) is 0 Å². The molecule has 6 heteroatoms. The molecule has 0 aromatic heterocycles. The molecule has 1 saturated carbocycles. The Bertz CT molecular complexity index is 455. The highest BCUT2D eigenvalue weighted by molar-refractivity contribution is 14.0. The molecular formula is C15H25IN4O. The van der Waals surface area contributed by atoms with Crippen LogP contribution in [0, 0.1) is 5.92 Å². The van der Waals surface area contributed by atoms with Crippen molar-refractivity contribution in [2.75, 3.05) is 33.1 Å². The van der Waals surface area contributed by atoms with Crippen LogP contribution in [-0.2, 0) is 0 Å². The molecule has 118 valence electrons. The Morgan fingerprint density at radius 1 is 1.38 bits per heavy atom. The highest BCUT2D eigenvalue weighted by Crippen LogP contribution is 2.34. The fourth-order valence-corrected chi connectivity index (χ4v) is 2.27. The van der Waals surface area contributed by atoms with Gasteiger partial charge in [0.15, 0.2) is 5.96 Å². The zero-order chi connectivity index (χ0) is 14.5. The van der Waals surface area contributed by atoms with Gasteiger partial charge < -0.3 is 20.7 Å². The molecule has 0 radical (unpaired) electrons. The van der Waals surface area contributed by atoms with Crippen molar-refractivity contribution in [1.29, 1.82) is 0 Å². The van der Waals surface area contributed by atoms with E-state index in [2.05, 4.69) is 29.3 Å². The van der Waals surface area contributed by atoms with Gasteiger partial charge in [0.05, 0.1) is 13.7 Å². The van der Waals surface area contributed by atoms with Crippen LogP contribution in [0.15, 0.2) is 29.3 Å². The van der Waals surface area contributed by atoms with Crippen molar-refractivity contribution in [3.63, 3.8) is 0 Å². The first-order valence-corrected chi connectivity index (χ1v) is 6.97. The minimum Gasteiger partial charge on any atom is -0.497 e. The van der Waals surface area contributed by atoms with Gasteiger partial charge in [0.1, 0.15) is 5.75 Å². The summed E-state index contributed by atoms with van der Waals surface area (Å²) >= 11 is 0. The maximum Gasteiger partial charge on any atom is 0.193 e. The fraction of sp³-hybridized carbons (Fsp3) is 0.533. The summed E-state index contributed by atoms with van der Waals surface area (Å²) in [5.41, 5.74) is 6.85. The van der Waals surface area contributed by atoms with E-state index in [4.69, 9.17) is 10.5 Å². The first-order chi connectivity index (χ1) is 9.60. The van der Waals surface area contributed by atoms with E-state index in [9.17, 15) is 0 Å². The zero-order valence-corrected chi connectivity index (χ0v) is 15.2. The third kappa shape index (κ3) is 5.70. The standard InChI is InChI=1S/C15H24N4O.HI/c1-19(2)14(11-4-5-11)10-17-15(16)18-12-6-8-13(20-3)9-7-12;/h6-9,11,14H,4-5,10H2,1-3H3,(H3,16,17,18);1H. The molecule has 0 saturated heterocycles. The number of halogens is 1. The molecule has 1 atom stereocenters. The minimum absolute atomic E-state index is 0. The zero-order valence-electron chi connectivity index (χ0n) is 12.9. The topological polar surface area (TPSA) is 62.9 Å². The smallest absolute Gasteiger partial charge is 0.193 e. The molecule has 0 spiro atoms. The van der Waals surface area contributed by atoms with Crippen molar-refractivity contribution in [2.24, 2.45) is 16.6 Å². The van der Waals surface area contributed by atoms with Crippen LogP contribution in [0.5, 0.6) is 5.75 Å². The van der Waals surface area contributed by atoms with Crippen LogP contribution in [0.4, 0.5) is 5.69 Å². The van der Waals surface area contributed by atoms with Gasteiger partial charge in [-0.15, -0.1) is 24.0 Å². The van der Waals surface area contributed by atoms with Gasteiger partial charge in [-0.1, -0.05) is 0 Å². The number of anilines is 1. The molecule has 1 fully saturated rings. The molecule has 21 heavy (non-hydrogen) atoms. The van der Waals surface area contributed by atoms with Crippen LogP contribution in [0.2, 0.25) is 0 Å². The predicted octanol–water partition coefficient (Wildman–Crippen LogP) is 2.38. The molecule has 0 bridgehead atoms. The Morgan fingerprint density at radius 2 is 2.00 bits per heavy atom. The number of nitrogens with one attached hydrogen (secondary N) is 1. The summed E-state index contributed by atoms with van der Waals surface area (Å²) in [5, 5.41) is 3.10. The average Bonchev–Trinajstić information content (AvgIpc) is 3.24. The van der Waals surface area contributed by atoms with Gasteiger partial charge in [-0.3, -0.25) is 4.99 Å². The number of hydrogen-bond donors (Lipinski definition) is 2. The molecule has 1 aliphatic carbocycles. The van der Waals surface area contributed by atoms with Crippen molar-refractivity contribution < 1.29 is 4.74 Å². The number of rotatable bonds is 6. The van der Waals surface area contributed by atoms with Gasteiger partial charge in [-0.2, -0.15) is 0 Å². The quantitative estimate of drug-likeness (QED) is 0.434. The van der Waals surface area contributed by atoms with E-state index in [1.54, 1.807) is 7.11 Å². The highest BCUT2D eigenvalue weighted by Gasteiger charge is 2.32. The second-order valence-corrected chi connectivity index (χ2v) is 5.45. The monoisotopic (exact) mass is 404 g/mol. The number of hydrogen-bond acceptors (Lipinski definition) is 3. The molecule has 1 aromatic carbocycles. The number of nitrogens with zero attached hydrogens (tertiary/aromatic N) is 2. The largest absolute Gasteiger partial charge is 0.497 e. The number of ether oxygens (including phenoxy) is 1. The van der Waals surface area contributed by atoms with E-state index >= 15 is 0 Å². The molecule has 0 amide bonds. The third-order valence-corrected chi connectivity index (χ3v) is 3.64. The Hall–Kier alpha value is -1.02. The van der Waals surface area contributed by atoms with Crippen LogP contribution in [0.25, 0.3) is 0 Å². The van der Waals surface area contributed by atoms with E-state index < -0.39 is 0 Å². The van der Waals surface area contributed by atoms with Crippen molar-refractivity contribution in [1.82, 2.24) is 4.90 Å². The number of nitrogens with two attached hydrogens (primary N) is 1. The first-order valence-electron chi connectivity index (χ1n) is 6.97. The molecule has 0 heterocycles. The lowest BCUT2D eigenvalue weighted by molar-refractivity contribution is 0.271. The van der Waals surface area contributed by atoms with E-state index in [1.165, 1.54) is 12.8 Å². The second-order valence-electron chi connectivity index (χ2n) is 5.45. The summed E-state index contributed by atoms with van der Waals surface area (Å²) in [5.74, 6) is 2.07. The number of methoxy groups -OCH3 is 1. The van der Waals surface area contributed by atoms with Crippen LogP contribution in [0.3, 0.4) is 0 Å². The molecule has 1 unspecified atom stereocenters. The van der Waals surface area contributed by atoms with Gasteiger partial charge in [0, 0.05) is 11.7 Å². The van der Waals surface area contributed by atoms with E-state index in [-0.39, 0.29) is 24.0 Å². The van der Waals surface area contributed by atoms with Crippen LogP contribution >= 0.6 is 24.0 Å². The molecule has 5 nitrogen and oxygen atoms in total. The van der Waals surface area contributed by atoms with Crippen molar-refractivity contribution in [3.05, 3.63) is 24.3 Å². The molecule has 1 aliphatic rings. The summed E-state index contributed by atoms with van der Waals surface area (Å²) in [6.07, 6.45) is 2.62. The lowest BCUT2D eigenvalue weighted by Gasteiger charge is -2.22. The average molecular weight is 404 g/mol. The first kappa shape index (κ1) is 18.0. The Morgan fingerprint density at radius 3 is 2.48 bits per heavy atom. The lowest BCUT2D eigenvalue weighted by atomic mass is 10.2. The lowest BCUT2D eigenvalue weighted by Crippen LogP contribution is -2.34. The Balaban J connectivity index is 0.00000220. The molecule has 2 rings (SSSR count). The van der Waals surface area contributed by atoms with Crippen LogP contribution < -0.4 is 15.8 Å². The van der Waals surface area contributed by atoms with E-state index in [1.807, 2.05) is 24.3 Å². The Kier molecular flexibility index (Phi) is 7.24. The SMILES string of the molecule is COc1ccc(NC(N)=NCC(C2CC2)N(C)C)cc1.I. The van der Waals surface area contributed by atoms with Crippen LogP contribution in [-0.4, -0.2) is 44.7 Å². The highest BCUT2D eigenvalue weighted by atomic mass is 127. The van der Waals surface area contributed by atoms with Gasteiger partial charge >= 0.3 is 0 Å². The summed E-state index contributed by atoms with van der Waals surface area (Å²) in [6, 6.07) is 8.12. The van der Waals surface area contributed by atoms with Crippen molar-refractivity contribution in [2.45, 2.75) is 18.9 Å². The molecule has 3 N–H and O–H groups in total. The molecular weight excluding hydrogens is 379 g/mol. The number of guanidine groups is 1. The summed E-state index contributed by atoms with van der Waals surface area (Å²) in [7, 11) is 5.86. The van der Waals surface area contributed by atoms with Crippen molar-refractivity contribution in [3.8, 4) is 5.75 Å². The molecule has 1 aromatic rings. The van der Waals surface area contributed by atoms with Gasteiger partial charge in [-0.25, -0.2) is 0 Å². The summed E-state index contributed by atoms with van der Waals surface area (Å²) < 4.78 is 5.12. The summed E-state index contributed by atoms with van der Waals surface area (Å²) in [4.78, 5) is 6.69. The number of aliphatic imine (C=N–C) groups is 1. The third-order valence-electron chi connectivity index (χ3n) is 3.64. The maximum atomic E-state index is 5.93. The van der Waals surface area contributed by atoms with Gasteiger partial charge in [-0.05, 0) is 57.1 Å². The van der Waals surface area contributed by atoms with Crippen molar-refractivity contribution >= 4 is 35.6 Å². The predicted molar refractivity (Wildman–Crippen MR) is 98.7 cm³/mol. The minimum atomic E-state index is 0. The number of benzene rings is 1. The van der Waals surface area contributed by atoms with Gasteiger partial charge in [0.25, 0.3) is 0 Å². The molecule has 0 aliphatic heterocycles. The van der Waals surface area contributed by atoms with E-state index in [0.29, 0.717) is 12.0 Å². The van der Waals surface area contributed by atoms with Crippen LogP contribution in [0.1, 0.15) is 12.8 Å². The summed E-state index contributed by atoms with van der Waals surface area (Å²) in [6.45, 7) is 0.743.